The highest BCUT2D eigenvalue weighted by atomic mass is 35.5. The fourth-order valence-corrected chi connectivity index (χ4v) is 3.66. The Labute approximate surface area is 142 Å². The molecule has 0 radical (unpaired) electrons. The molecule has 0 spiro atoms. The summed E-state index contributed by atoms with van der Waals surface area (Å²) in [4.78, 5) is 14.2. The lowest BCUT2D eigenvalue weighted by Gasteiger charge is -2.21. The largest absolute Gasteiger partial charge is 0.497 e. The van der Waals surface area contributed by atoms with Crippen LogP contribution in [0.15, 0.2) is 18.2 Å². The van der Waals surface area contributed by atoms with E-state index >= 15 is 0 Å². The van der Waals surface area contributed by atoms with Gasteiger partial charge in [0.1, 0.15) is 5.75 Å². The summed E-state index contributed by atoms with van der Waals surface area (Å²) in [7, 11) is -1.65. The van der Waals surface area contributed by atoms with Gasteiger partial charge in [-0.2, -0.15) is 0 Å². The van der Waals surface area contributed by atoms with Crippen molar-refractivity contribution >= 4 is 27.5 Å². The van der Waals surface area contributed by atoms with E-state index in [0.29, 0.717) is 43.4 Å². The predicted molar refractivity (Wildman–Crippen MR) is 89.3 cm³/mol. The number of ether oxygens (including phenoxy) is 1. The zero-order valence-corrected chi connectivity index (χ0v) is 14.9. The summed E-state index contributed by atoms with van der Waals surface area (Å²) in [6.45, 7) is 1.74. The highest BCUT2D eigenvalue weighted by Crippen LogP contribution is 2.23. The SMILES string of the molecule is COc1ccc(CC(=O)N2CCCN(S(C)(=O)=O)CC2)c(Cl)c1. The molecule has 23 heavy (non-hydrogen) atoms. The van der Waals surface area contributed by atoms with Gasteiger partial charge in [-0.3, -0.25) is 4.79 Å². The van der Waals surface area contributed by atoms with E-state index in [1.807, 2.05) is 0 Å². The van der Waals surface area contributed by atoms with E-state index in [-0.39, 0.29) is 12.3 Å². The van der Waals surface area contributed by atoms with Gasteiger partial charge in [0.15, 0.2) is 0 Å². The summed E-state index contributed by atoms with van der Waals surface area (Å²) in [5.74, 6) is 0.595. The van der Waals surface area contributed by atoms with Gasteiger partial charge < -0.3 is 9.64 Å². The van der Waals surface area contributed by atoms with Crippen molar-refractivity contribution in [1.82, 2.24) is 9.21 Å². The topological polar surface area (TPSA) is 66.9 Å². The van der Waals surface area contributed by atoms with Gasteiger partial charge in [-0.25, -0.2) is 12.7 Å². The average molecular weight is 361 g/mol. The van der Waals surface area contributed by atoms with Gasteiger partial charge >= 0.3 is 0 Å². The molecule has 0 atom stereocenters. The summed E-state index contributed by atoms with van der Waals surface area (Å²) in [6.07, 6.45) is 2.03. The Morgan fingerprint density at radius 2 is 2.00 bits per heavy atom. The molecule has 2 rings (SSSR count). The van der Waals surface area contributed by atoms with E-state index in [9.17, 15) is 13.2 Å². The van der Waals surface area contributed by atoms with Crippen molar-refractivity contribution in [2.75, 3.05) is 39.5 Å². The highest BCUT2D eigenvalue weighted by molar-refractivity contribution is 7.88. The second-order valence-corrected chi connectivity index (χ2v) is 7.92. The lowest BCUT2D eigenvalue weighted by Crippen LogP contribution is -2.37. The first-order valence-corrected chi connectivity index (χ1v) is 9.59. The van der Waals surface area contributed by atoms with Crippen LogP contribution in [-0.4, -0.2) is 63.1 Å². The number of methoxy groups -OCH3 is 1. The molecular weight excluding hydrogens is 340 g/mol. The Morgan fingerprint density at radius 1 is 1.26 bits per heavy atom. The molecule has 1 aromatic carbocycles. The molecule has 1 saturated heterocycles. The monoisotopic (exact) mass is 360 g/mol. The zero-order chi connectivity index (χ0) is 17.0. The molecule has 6 nitrogen and oxygen atoms in total. The number of sulfonamides is 1. The molecule has 0 aliphatic carbocycles. The van der Waals surface area contributed by atoms with Crippen molar-refractivity contribution in [2.24, 2.45) is 0 Å². The van der Waals surface area contributed by atoms with E-state index < -0.39 is 10.0 Å². The van der Waals surface area contributed by atoms with Crippen LogP contribution in [0.25, 0.3) is 0 Å². The molecule has 1 heterocycles. The van der Waals surface area contributed by atoms with Crippen molar-refractivity contribution in [3.63, 3.8) is 0 Å². The van der Waals surface area contributed by atoms with E-state index in [4.69, 9.17) is 16.3 Å². The maximum atomic E-state index is 12.5. The van der Waals surface area contributed by atoms with Gasteiger partial charge in [-0.1, -0.05) is 17.7 Å². The Bertz CT molecular complexity index is 678. The van der Waals surface area contributed by atoms with Crippen LogP contribution < -0.4 is 4.74 Å². The van der Waals surface area contributed by atoms with Crippen LogP contribution >= 0.6 is 11.6 Å². The van der Waals surface area contributed by atoms with E-state index in [1.165, 1.54) is 10.6 Å². The zero-order valence-electron chi connectivity index (χ0n) is 13.3. The first-order valence-electron chi connectivity index (χ1n) is 7.36. The first-order chi connectivity index (χ1) is 10.8. The highest BCUT2D eigenvalue weighted by Gasteiger charge is 2.24. The van der Waals surface area contributed by atoms with Crippen molar-refractivity contribution in [1.29, 1.82) is 0 Å². The van der Waals surface area contributed by atoms with Crippen LogP contribution in [0.5, 0.6) is 5.75 Å². The second-order valence-electron chi connectivity index (χ2n) is 5.53. The molecule has 1 aromatic rings. The van der Waals surface area contributed by atoms with Crippen LogP contribution in [0.4, 0.5) is 0 Å². The first kappa shape index (κ1) is 18.0. The van der Waals surface area contributed by atoms with Gasteiger partial charge in [-0.15, -0.1) is 0 Å². The quantitative estimate of drug-likeness (QED) is 0.813. The average Bonchev–Trinajstić information content (AvgIpc) is 2.75. The molecule has 1 aliphatic heterocycles. The second kappa shape index (κ2) is 7.51. The number of benzene rings is 1. The molecule has 1 fully saturated rings. The minimum absolute atomic E-state index is 0.0487. The Morgan fingerprint density at radius 3 is 2.61 bits per heavy atom. The molecule has 0 saturated carbocycles. The smallest absolute Gasteiger partial charge is 0.227 e. The van der Waals surface area contributed by atoms with Gasteiger partial charge in [-0.05, 0) is 24.1 Å². The number of carbonyl (C=O) groups is 1. The molecule has 0 N–H and O–H groups in total. The summed E-state index contributed by atoms with van der Waals surface area (Å²) in [6, 6.07) is 5.22. The fraction of sp³-hybridized carbons (Fsp3) is 0.533. The third-order valence-corrected chi connectivity index (χ3v) is 5.53. The van der Waals surface area contributed by atoms with Crippen LogP contribution in [0.2, 0.25) is 5.02 Å². The van der Waals surface area contributed by atoms with E-state index in [1.54, 1.807) is 30.2 Å². The molecule has 1 aliphatic rings. The summed E-state index contributed by atoms with van der Waals surface area (Å²) >= 11 is 6.17. The Balaban J connectivity index is 2.01. The lowest BCUT2D eigenvalue weighted by atomic mass is 10.1. The van der Waals surface area contributed by atoms with Crippen LogP contribution in [0, 0.1) is 0 Å². The fourth-order valence-electron chi connectivity index (χ4n) is 2.55. The third-order valence-electron chi connectivity index (χ3n) is 3.88. The molecule has 0 aromatic heterocycles. The number of rotatable bonds is 4. The number of hydrogen-bond donors (Lipinski definition) is 0. The maximum Gasteiger partial charge on any atom is 0.227 e. The minimum Gasteiger partial charge on any atom is -0.497 e. The van der Waals surface area contributed by atoms with Crippen LogP contribution in [0.3, 0.4) is 0 Å². The Kier molecular flexibility index (Phi) is 5.89. The van der Waals surface area contributed by atoms with Crippen LogP contribution in [0.1, 0.15) is 12.0 Å². The van der Waals surface area contributed by atoms with Crippen molar-refractivity contribution in [3.05, 3.63) is 28.8 Å². The maximum absolute atomic E-state index is 12.5. The standard InChI is InChI=1S/C15H21ClN2O4S/c1-22-13-5-4-12(14(16)11-13)10-15(19)17-6-3-7-18(9-8-17)23(2,20)21/h4-5,11H,3,6-10H2,1-2H3. The number of halogens is 1. The Hall–Kier alpha value is -1.31. The summed E-state index contributed by atoms with van der Waals surface area (Å²) in [5.41, 5.74) is 0.738. The summed E-state index contributed by atoms with van der Waals surface area (Å²) < 4.78 is 29.7. The van der Waals surface area contributed by atoms with Crippen molar-refractivity contribution in [2.45, 2.75) is 12.8 Å². The molecule has 8 heteroatoms. The van der Waals surface area contributed by atoms with Gasteiger partial charge in [0.2, 0.25) is 15.9 Å². The van der Waals surface area contributed by atoms with Crippen molar-refractivity contribution < 1.29 is 17.9 Å². The van der Waals surface area contributed by atoms with Crippen LogP contribution in [-0.2, 0) is 21.2 Å². The molecule has 128 valence electrons. The summed E-state index contributed by atoms with van der Waals surface area (Å²) in [5, 5.41) is 0.491. The van der Waals surface area contributed by atoms with Gasteiger partial charge in [0.05, 0.1) is 19.8 Å². The normalized spacial score (nSPS) is 16.9. The molecule has 0 unspecified atom stereocenters. The molecule has 0 bridgehead atoms. The van der Waals surface area contributed by atoms with Crippen molar-refractivity contribution in [3.8, 4) is 5.75 Å². The van der Waals surface area contributed by atoms with Gasteiger partial charge in [0.25, 0.3) is 0 Å². The third kappa shape index (κ3) is 4.83. The number of carbonyl (C=O) groups excluding carboxylic acids is 1. The predicted octanol–water partition coefficient (Wildman–Crippen LogP) is 1.39. The number of nitrogens with zero attached hydrogens (tertiary/aromatic N) is 2. The lowest BCUT2D eigenvalue weighted by molar-refractivity contribution is -0.130. The number of amides is 1. The minimum atomic E-state index is -3.21. The molecular formula is C15H21ClN2O4S. The van der Waals surface area contributed by atoms with E-state index in [2.05, 4.69) is 0 Å². The number of hydrogen-bond acceptors (Lipinski definition) is 4. The molecule has 1 amide bonds. The van der Waals surface area contributed by atoms with E-state index in [0.717, 1.165) is 5.56 Å². The van der Waals surface area contributed by atoms with Gasteiger partial charge in [0, 0.05) is 31.2 Å².